The number of benzene rings is 1. The molecule has 2 rings (SSSR count). The molecule has 1 heteroatoms. The summed E-state index contributed by atoms with van der Waals surface area (Å²) in [6.45, 7) is 11.3. The third kappa shape index (κ3) is 2.72. The third-order valence-corrected chi connectivity index (χ3v) is 12.1. The first-order valence-electron chi connectivity index (χ1n) is 8.24. The lowest BCUT2D eigenvalue weighted by Gasteiger charge is -2.45. The summed E-state index contributed by atoms with van der Waals surface area (Å²) >= 11 is 0. The highest BCUT2D eigenvalue weighted by molar-refractivity contribution is 6.84. The van der Waals surface area contributed by atoms with Crippen LogP contribution >= 0.6 is 0 Å². The molecule has 1 aliphatic rings. The Balaban J connectivity index is 2.34. The van der Waals surface area contributed by atoms with E-state index in [2.05, 4.69) is 88.1 Å². The molecule has 0 saturated carbocycles. The lowest BCUT2D eigenvalue weighted by Crippen LogP contribution is -2.44. The molecule has 0 spiro atoms. The molecule has 0 bridgehead atoms. The van der Waals surface area contributed by atoms with Gasteiger partial charge in [-0.2, -0.15) is 0 Å². The van der Waals surface area contributed by atoms with Gasteiger partial charge in [0.15, 0.2) is 0 Å². The molecule has 0 atom stereocenters. The van der Waals surface area contributed by atoms with E-state index in [0.717, 1.165) is 0 Å². The molecule has 0 amide bonds. The van der Waals surface area contributed by atoms with Crippen molar-refractivity contribution in [2.45, 2.75) is 49.9 Å². The van der Waals surface area contributed by atoms with Crippen molar-refractivity contribution in [1.29, 1.82) is 0 Å². The fraction of sp³-hybridized carbons (Fsp3) is 0.400. The Kier molecular flexibility index (Phi) is 5.05. The predicted molar refractivity (Wildman–Crippen MR) is 97.6 cm³/mol. The van der Waals surface area contributed by atoms with Crippen LogP contribution in [0.4, 0.5) is 0 Å². The van der Waals surface area contributed by atoms with E-state index in [-0.39, 0.29) is 5.04 Å². The van der Waals surface area contributed by atoms with E-state index < -0.39 is 8.07 Å². The van der Waals surface area contributed by atoms with Crippen molar-refractivity contribution in [1.82, 2.24) is 0 Å². The molecule has 0 unspecified atom stereocenters. The molecule has 0 heterocycles. The first-order valence-corrected chi connectivity index (χ1v) is 10.9. The second kappa shape index (κ2) is 6.61. The quantitative estimate of drug-likeness (QED) is 0.425. The van der Waals surface area contributed by atoms with E-state index in [1.54, 1.807) is 0 Å². The molecular formula is C20H28Si. The first kappa shape index (κ1) is 16.0. The van der Waals surface area contributed by atoms with Crippen LogP contribution in [-0.2, 0) is 0 Å². The second-order valence-corrected chi connectivity index (χ2v) is 11.7. The lowest BCUT2D eigenvalue weighted by atomic mass is 9.90. The van der Waals surface area contributed by atoms with Gasteiger partial charge in [-0.3, -0.25) is 0 Å². The lowest BCUT2D eigenvalue weighted by molar-refractivity contribution is 0.893. The molecule has 1 aliphatic carbocycles. The van der Waals surface area contributed by atoms with Gasteiger partial charge >= 0.3 is 0 Å². The smallest absolute Gasteiger partial charge is 0.0727 e. The van der Waals surface area contributed by atoms with Crippen LogP contribution in [0.5, 0.6) is 0 Å². The average Bonchev–Trinajstić information content (AvgIpc) is 2.58. The minimum Gasteiger partial charge on any atom is -0.102 e. The Morgan fingerprint density at radius 1 is 1.00 bits per heavy atom. The van der Waals surface area contributed by atoms with E-state index >= 15 is 0 Å². The van der Waals surface area contributed by atoms with Gasteiger partial charge in [0.2, 0.25) is 0 Å². The number of allylic oxidation sites excluding steroid dienone is 5. The van der Waals surface area contributed by atoms with Crippen molar-refractivity contribution < 1.29 is 0 Å². The third-order valence-electron chi connectivity index (χ3n) is 5.63. The molecular weight excluding hydrogens is 268 g/mol. The van der Waals surface area contributed by atoms with Crippen molar-refractivity contribution in [3.8, 4) is 0 Å². The first-order chi connectivity index (χ1) is 10.2. The molecule has 112 valence electrons. The van der Waals surface area contributed by atoms with Gasteiger partial charge in [0.25, 0.3) is 0 Å². The Morgan fingerprint density at radius 2 is 1.52 bits per heavy atom. The standard InChI is InChI=1S/C20H28Si/c1-5-20(21(6-2,7-3)8-4)16-14-19(15-17-20)18-12-10-9-11-13-18/h5,9-17,19H,1,6-8H2,2-4H3. The van der Waals surface area contributed by atoms with Crippen LogP contribution in [0.2, 0.25) is 23.2 Å². The monoisotopic (exact) mass is 296 g/mol. The summed E-state index contributed by atoms with van der Waals surface area (Å²) < 4.78 is 0. The Bertz CT molecular complexity index is 498. The Hall–Kier alpha value is -1.34. The number of rotatable bonds is 6. The van der Waals surface area contributed by atoms with Crippen LogP contribution in [0.3, 0.4) is 0 Å². The summed E-state index contributed by atoms with van der Waals surface area (Å²) in [5.41, 5.74) is 1.37. The second-order valence-electron chi connectivity index (χ2n) is 6.13. The summed E-state index contributed by atoms with van der Waals surface area (Å²) in [6, 6.07) is 14.7. The molecule has 0 aliphatic heterocycles. The van der Waals surface area contributed by atoms with Gasteiger partial charge < -0.3 is 0 Å². The highest BCUT2D eigenvalue weighted by Crippen LogP contribution is 2.51. The fourth-order valence-electron chi connectivity index (χ4n) is 3.92. The molecule has 1 aromatic rings. The molecule has 0 saturated heterocycles. The minimum absolute atomic E-state index is 0.135. The van der Waals surface area contributed by atoms with Gasteiger partial charge in [0.1, 0.15) is 0 Å². The van der Waals surface area contributed by atoms with E-state index in [1.807, 2.05) is 0 Å². The van der Waals surface area contributed by atoms with Gasteiger partial charge in [-0.25, -0.2) is 0 Å². The molecule has 0 radical (unpaired) electrons. The van der Waals surface area contributed by atoms with Gasteiger partial charge in [-0.1, -0.05) is 99.6 Å². The molecule has 0 N–H and O–H groups in total. The maximum absolute atomic E-state index is 4.20. The van der Waals surface area contributed by atoms with Crippen LogP contribution < -0.4 is 0 Å². The van der Waals surface area contributed by atoms with Gasteiger partial charge in [0.05, 0.1) is 8.07 Å². The average molecular weight is 297 g/mol. The van der Waals surface area contributed by atoms with Gasteiger partial charge in [0, 0.05) is 11.0 Å². The highest BCUT2D eigenvalue weighted by atomic mass is 28.3. The normalized spacial score (nSPS) is 25.0. The van der Waals surface area contributed by atoms with Crippen LogP contribution in [0.25, 0.3) is 0 Å². The summed E-state index contributed by atoms with van der Waals surface area (Å²) in [7, 11) is -1.39. The largest absolute Gasteiger partial charge is 0.102 e. The Labute approximate surface area is 131 Å². The summed E-state index contributed by atoms with van der Waals surface area (Å²) in [4.78, 5) is 0. The van der Waals surface area contributed by atoms with E-state index in [4.69, 9.17) is 0 Å². The molecule has 0 aromatic heterocycles. The van der Waals surface area contributed by atoms with Crippen LogP contribution in [-0.4, -0.2) is 8.07 Å². The van der Waals surface area contributed by atoms with E-state index in [0.29, 0.717) is 5.92 Å². The maximum Gasteiger partial charge on any atom is 0.0727 e. The van der Waals surface area contributed by atoms with Crippen molar-refractivity contribution in [3.05, 3.63) is 72.9 Å². The van der Waals surface area contributed by atoms with Crippen molar-refractivity contribution in [2.24, 2.45) is 0 Å². The molecule has 1 aromatic carbocycles. The van der Waals surface area contributed by atoms with E-state index in [1.165, 1.54) is 23.7 Å². The Morgan fingerprint density at radius 3 is 1.95 bits per heavy atom. The zero-order valence-corrected chi connectivity index (χ0v) is 14.7. The predicted octanol–water partition coefficient (Wildman–Crippen LogP) is 6.33. The van der Waals surface area contributed by atoms with Crippen LogP contribution in [0.15, 0.2) is 67.3 Å². The minimum atomic E-state index is -1.39. The molecule has 21 heavy (non-hydrogen) atoms. The van der Waals surface area contributed by atoms with Gasteiger partial charge in [-0.05, 0) is 5.56 Å². The SMILES string of the molecule is C=CC1([Si](CC)(CC)CC)C=CC(c2ccccc2)C=C1. The molecule has 0 fully saturated rings. The zero-order chi connectivity index (χ0) is 15.3. The molecule has 0 nitrogen and oxygen atoms in total. The summed E-state index contributed by atoms with van der Waals surface area (Å²) in [5.74, 6) is 0.413. The highest BCUT2D eigenvalue weighted by Gasteiger charge is 2.45. The zero-order valence-electron chi connectivity index (χ0n) is 13.7. The van der Waals surface area contributed by atoms with Crippen molar-refractivity contribution in [2.75, 3.05) is 0 Å². The number of hydrogen-bond acceptors (Lipinski definition) is 0. The van der Waals surface area contributed by atoms with Crippen molar-refractivity contribution in [3.63, 3.8) is 0 Å². The van der Waals surface area contributed by atoms with Gasteiger partial charge in [-0.15, -0.1) is 6.58 Å². The maximum atomic E-state index is 4.20. The fourth-order valence-corrected chi connectivity index (χ4v) is 8.59. The van der Waals surface area contributed by atoms with Crippen LogP contribution in [0, 0.1) is 0 Å². The summed E-state index contributed by atoms with van der Waals surface area (Å²) in [6.07, 6.45) is 11.9. The topological polar surface area (TPSA) is 0 Å². The summed E-state index contributed by atoms with van der Waals surface area (Å²) in [5, 5.41) is 0.135. The van der Waals surface area contributed by atoms with E-state index in [9.17, 15) is 0 Å². The van der Waals surface area contributed by atoms with Crippen LogP contribution in [0.1, 0.15) is 32.3 Å². The number of hydrogen-bond donors (Lipinski definition) is 0. The van der Waals surface area contributed by atoms with Crippen molar-refractivity contribution >= 4 is 8.07 Å².